The first kappa shape index (κ1) is 30.5. The first-order valence-corrected chi connectivity index (χ1v) is 13.7. The molecule has 0 aliphatic heterocycles. The second-order valence-corrected chi connectivity index (χ2v) is 10.1. The zero-order chi connectivity index (χ0) is 30.8. The predicted molar refractivity (Wildman–Crippen MR) is 166 cm³/mol. The van der Waals surface area contributed by atoms with Crippen LogP contribution in [-0.2, 0) is 0 Å². The molecule has 5 rings (SSSR count). The number of aryl methyl sites for hydroxylation is 4. The minimum Gasteiger partial charge on any atom is -0.423 e. The van der Waals surface area contributed by atoms with Gasteiger partial charge < -0.3 is 14.2 Å². The summed E-state index contributed by atoms with van der Waals surface area (Å²) in [6, 6.07) is 35.4. The van der Waals surface area contributed by atoms with Crippen LogP contribution in [0.1, 0.15) is 53.3 Å². The van der Waals surface area contributed by atoms with Crippen LogP contribution < -0.4 is 14.2 Å². The minimum absolute atomic E-state index is 0.325. The fourth-order valence-corrected chi connectivity index (χ4v) is 3.75. The topological polar surface area (TPSA) is 78.9 Å². The zero-order valence-electron chi connectivity index (χ0n) is 24.5. The molecule has 0 aliphatic carbocycles. The van der Waals surface area contributed by atoms with E-state index in [9.17, 15) is 14.4 Å². The highest BCUT2D eigenvalue weighted by molar-refractivity contribution is 5.92. The number of benzene rings is 5. The normalized spacial score (nSPS) is 10.1. The highest BCUT2D eigenvalue weighted by atomic mass is 16.5. The van der Waals surface area contributed by atoms with E-state index in [1.54, 1.807) is 72.8 Å². The SMILES string of the molecule is Cc1ccc(C(=O)Oc2ccc(OC(=O)c3ccc(C)cc3)cc2)cc1.Cc1ccc(OC(=O)c2ccc(C)cc2)cc1. The van der Waals surface area contributed by atoms with Crippen molar-refractivity contribution < 1.29 is 28.6 Å². The number of ether oxygens (including phenoxy) is 3. The van der Waals surface area contributed by atoms with Gasteiger partial charge in [-0.1, -0.05) is 70.8 Å². The Bertz CT molecular complexity index is 1590. The number of carbonyl (C=O) groups is 3. The molecular weight excluding hydrogens is 540 g/mol. The van der Waals surface area contributed by atoms with Crippen molar-refractivity contribution >= 4 is 17.9 Å². The van der Waals surface area contributed by atoms with E-state index in [0.717, 1.165) is 22.3 Å². The average Bonchev–Trinajstić information content (AvgIpc) is 3.00. The Labute approximate surface area is 251 Å². The smallest absolute Gasteiger partial charge is 0.343 e. The number of hydrogen-bond acceptors (Lipinski definition) is 6. The summed E-state index contributed by atoms with van der Waals surface area (Å²) in [5.74, 6) is 0.134. The van der Waals surface area contributed by atoms with Crippen molar-refractivity contribution in [2.24, 2.45) is 0 Å². The molecule has 43 heavy (non-hydrogen) atoms. The van der Waals surface area contributed by atoms with Crippen LogP contribution in [0.5, 0.6) is 17.2 Å². The lowest BCUT2D eigenvalue weighted by Crippen LogP contribution is -2.09. The van der Waals surface area contributed by atoms with Crippen molar-refractivity contribution in [1.82, 2.24) is 0 Å². The molecule has 5 aromatic carbocycles. The van der Waals surface area contributed by atoms with E-state index in [2.05, 4.69) is 0 Å². The van der Waals surface area contributed by atoms with Crippen LogP contribution in [0.25, 0.3) is 0 Å². The van der Waals surface area contributed by atoms with Crippen LogP contribution in [0.4, 0.5) is 0 Å². The summed E-state index contributed by atoms with van der Waals surface area (Å²) < 4.78 is 15.9. The van der Waals surface area contributed by atoms with Crippen LogP contribution in [0.3, 0.4) is 0 Å². The van der Waals surface area contributed by atoms with E-state index >= 15 is 0 Å². The van der Waals surface area contributed by atoms with E-state index in [1.807, 2.05) is 76.2 Å². The first-order valence-electron chi connectivity index (χ1n) is 13.7. The first-order chi connectivity index (χ1) is 20.7. The van der Waals surface area contributed by atoms with Crippen LogP contribution in [-0.4, -0.2) is 17.9 Å². The summed E-state index contributed by atoms with van der Waals surface area (Å²) in [5, 5.41) is 0. The Morgan fingerprint density at radius 1 is 0.326 bits per heavy atom. The highest BCUT2D eigenvalue weighted by Gasteiger charge is 2.11. The lowest BCUT2D eigenvalue weighted by atomic mass is 10.1. The van der Waals surface area contributed by atoms with Crippen LogP contribution in [0, 0.1) is 27.7 Å². The fourth-order valence-electron chi connectivity index (χ4n) is 3.75. The van der Waals surface area contributed by atoms with E-state index in [1.165, 1.54) is 0 Å². The van der Waals surface area contributed by atoms with Crippen molar-refractivity contribution in [3.8, 4) is 17.2 Å². The summed E-state index contributed by atoms with van der Waals surface area (Å²) in [6.45, 7) is 7.87. The predicted octanol–water partition coefficient (Wildman–Crippen LogP) is 8.26. The van der Waals surface area contributed by atoms with Crippen molar-refractivity contribution in [3.05, 3.63) is 160 Å². The zero-order valence-corrected chi connectivity index (χ0v) is 24.5. The van der Waals surface area contributed by atoms with Crippen molar-refractivity contribution in [2.45, 2.75) is 27.7 Å². The number of rotatable bonds is 6. The number of esters is 3. The van der Waals surface area contributed by atoms with Gasteiger partial charge >= 0.3 is 17.9 Å². The van der Waals surface area contributed by atoms with Gasteiger partial charge in [0.1, 0.15) is 17.2 Å². The third-order valence-corrected chi connectivity index (χ3v) is 6.34. The van der Waals surface area contributed by atoms with E-state index in [4.69, 9.17) is 14.2 Å². The lowest BCUT2D eigenvalue weighted by molar-refractivity contribution is 0.0719. The molecule has 0 aliphatic rings. The van der Waals surface area contributed by atoms with Crippen LogP contribution in [0.15, 0.2) is 121 Å². The maximum Gasteiger partial charge on any atom is 0.343 e. The standard InChI is InChI=1S/C22H18O4.C15H14O2/c1-15-3-7-17(8-4-15)21(23)25-19-11-13-20(14-12-19)26-22(24)18-9-5-16(2)6-10-18;1-11-3-7-13(8-4-11)15(16)17-14-9-5-12(2)6-10-14/h3-14H,1-2H3;3-10H,1-2H3. The minimum atomic E-state index is -0.436. The van der Waals surface area contributed by atoms with Gasteiger partial charge in [0.15, 0.2) is 0 Å². The third-order valence-electron chi connectivity index (χ3n) is 6.34. The molecule has 0 saturated heterocycles. The summed E-state index contributed by atoms with van der Waals surface area (Å²) in [5.41, 5.74) is 5.92. The van der Waals surface area contributed by atoms with E-state index < -0.39 is 11.9 Å². The summed E-state index contributed by atoms with van der Waals surface area (Å²) in [7, 11) is 0. The Balaban J connectivity index is 0.000000215. The molecule has 216 valence electrons. The maximum atomic E-state index is 12.1. The van der Waals surface area contributed by atoms with Gasteiger partial charge in [0.25, 0.3) is 0 Å². The van der Waals surface area contributed by atoms with Crippen molar-refractivity contribution in [2.75, 3.05) is 0 Å². The van der Waals surface area contributed by atoms with Crippen LogP contribution in [0.2, 0.25) is 0 Å². The van der Waals surface area contributed by atoms with Crippen LogP contribution >= 0.6 is 0 Å². The monoisotopic (exact) mass is 572 g/mol. The quantitative estimate of drug-likeness (QED) is 0.151. The summed E-state index contributed by atoms with van der Waals surface area (Å²) in [6.07, 6.45) is 0. The molecule has 6 heteroatoms. The highest BCUT2D eigenvalue weighted by Crippen LogP contribution is 2.20. The molecule has 0 fully saturated rings. The lowest BCUT2D eigenvalue weighted by Gasteiger charge is -2.07. The third kappa shape index (κ3) is 9.26. The molecule has 0 heterocycles. The van der Waals surface area contributed by atoms with Crippen molar-refractivity contribution in [3.63, 3.8) is 0 Å². The molecular formula is C37H32O6. The van der Waals surface area contributed by atoms with Gasteiger partial charge in [0, 0.05) is 0 Å². The molecule has 0 aromatic heterocycles. The average molecular weight is 573 g/mol. The largest absolute Gasteiger partial charge is 0.423 e. The van der Waals surface area contributed by atoms with Gasteiger partial charge in [-0.05, 0) is 100 Å². The molecule has 0 amide bonds. The molecule has 5 aromatic rings. The fraction of sp³-hybridized carbons (Fsp3) is 0.108. The molecule has 0 spiro atoms. The molecule has 0 unspecified atom stereocenters. The molecule has 0 N–H and O–H groups in total. The van der Waals surface area contributed by atoms with Gasteiger partial charge in [0.2, 0.25) is 0 Å². The Morgan fingerprint density at radius 3 is 0.744 bits per heavy atom. The Hall–Kier alpha value is -5.49. The second-order valence-electron chi connectivity index (χ2n) is 10.1. The molecule has 0 bridgehead atoms. The Morgan fingerprint density at radius 2 is 0.512 bits per heavy atom. The Kier molecular flexibility index (Phi) is 10.2. The van der Waals surface area contributed by atoms with E-state index in [0.29, 0.717) is 33.9 Å². The number of hydrogen-bond donors (Lipinski definition) is 0. The molecule has 0 atom stereocenters. The summed E-state index contributed by atoms with van der Waals surface area (Å²) in [4.78, 5) is 36.0. The molecule has 0 saturated carbocycles. The van der Waals surface area contributed by atoms with Gasteiger partial charge in [-0.3, -0.25) is 0 Å². The molecule has 6 nitrogen and oxygen atoms in total. The van der Waals surface area contributed by atoms with Gasteiger partial charge in [-0.2, -0.15) is 0 Å². The van der Waals surface area contributed by atoms with Gasteiger partial charge in [-0.25, -0.2) is 14.4 Å². The van der Waals surface area contributed by atoms with Gasteiger partial charge in [-0.15, -0.1) is 0 Å². The van der Waals surface area contributed by atoms with Crippen molar-refractivity contribution in [1.29, 1.82) is 0 Å². The molecule has 0 radical (unpaired) electrons. The van der Waals surface area contributed by atoms with E-state index in [-0.39, 0.29) is 5.97 Å². The second kappa shape index (κ2) is 14.4. The number of carbonyl (C=O) groups excluding carboxylic acids is 3. The van der Waals surface area contributed by atoms with Gasteiger partial charge in [0.05, 0.1) is 16.7 Å². The summed E-state index contributed by atoms with van der Waals surface area (Å²) >= 11 is 0. The maximum absolute atomic E-state index is 12.1.